The van der Waals surface area contributed by atoms with Gasteiger partial charge in [0.1, 0.15) is 0 Å². The number of benzene rings is 2. The van der Waals surface area contributed by atoms with E-state index in [0.717, 1.165) is 5.57 Å². The van der Waals surface area contributed by atoms with Crippen LogP contribution in [0.5, 0.6) is 0 Å². The van der Waals surface area contributed by atoms with Crippen LogP contribution in [0.25, 0.3) is 0 Å². The SMILES string of the molecule is CCOC(=O)[C@@]1(C)/C(=C\[Se]c2ccccc2)CCN1C(=O)c1ccccc1. The molecular weight excluding hydrogens is 405 g/mol. The molecule has 0 bridgehead atoms. The summed E-state index contributed by atoms with van der Waals surface area (Å²) in [5, 5.41) is 0. The second-order valence-electron chi connectivity index (χ2n) is 6.44. The van der Waals surface area contributed by atoms with E-state index in [1.54, 1.807) is 24.0 Å². The van der Waals surface area contributed by atoms with Gasteiger partial charge in [-0.1, -0.05) is 0 Å². The molecule has 0 aromatic heterocycles. The Morgan fingerprint density at radius 2 is 1.74 bits per heavy atom. The quantitative estimate of drug-likeness (QED) is 0.544. The number of carbonyl (C=O) groups is 2. The Hall–Kier alpha value is -2.36. The fourth-order valence-electron chi connectivity index (χ4n) is 3.24. The molecule has 3 rings (SSSR count). The molecule has 1 aliphatic rings. The van der Waals surface area contributed by atoms with Crippen LogP contribution in [-0.4, -0.2) is 50.4 Å². The van der Waals surface area contributed by atoms with Crippen LogP contribution in [0, 0.1) is 0 Å². The predicted octanol–water partition coefficient (Wildman–Crippen LogP) is 2.77. The van der Waals surface area contributed by atoms with Gasteiger partial charge >= 0.3 is 166 Å². The van der Waals surface area contributed by atoms with Gasteiger partial charge in [0.25, 0.3) is 0 Å². The molecule has 1 amide bonds. The van der Waals surface area contributed by atoms with Crippen LogP contribution in [0.15, 0.2) is 71.2 Å². The minimum atomic E-state index is -1.06. The first-order chi connectivity index (χ1) is 13.1. The van der Waals surface area contributed by atoms with Crippen LogP contribution in [0.2, 0.25) is 0 Å². The zero-order valence-electron chi connectivity index (χ0n) is 15.6. The molecular formula is C22H23NO3Se. The molecule has 5 heteroatoms. The molecule has 2 aromatic carbocycles. The van der Waals surface area contributed by atoms with Gasteiger partial charge in [0.05, 0.1) is 0 Å². The van der Waals surface area contributed by atoms with E-state index in [1.807, 2.05) is 43.3 Å². The number of rotatable bonds is 5. The maximum atomic E-state index is 13.1. The zero-order valence-corrected chi connectivity index (χ0v) is 17.3. The Morgan fingerprint density at radius 3 is 2.37 bits per heavy atom. The molecule has 0 N–H and O–H groups in total. The van der Waals surface area contributed by atoms with Crippen molar-refractivity contribution in [2.45, 2.75) is 25.8 Å². The van der Waals surface area contributed by atoms with E-state index >= 15 is 0 Å². The molecule has 0 saturated carbocycles. The van der Waals surface area contributed by atoms with Crippen molar-refractivity contribution in [3.63, 3.8) is 0 Å². The molecule has 1 fully saturated rings. The Labute approximate surface area is 166 Å². The first kappa shape index (κ1) is 19.4. The number of esters is 1. The molecule has 1 heterocycles. The fraction of sp³-hybridized carbons (Fsp3) is 0.273. The van der Waals surface area contributed by atoms with Crippen LogP contribution >= 0.6 is 0 Å². The van der Waals surface area contributed by atoms with Crippen molar-refractivity contribution in [1.82, 2.24) is 4.90 Å². The third kappa shape index (κ3) is 3.99. The van der Waals surface area contributed by atoms with Crippen LogP contribution < -0.4 is 4.46 Å². The van der Waals surface area contributed by atoms with Crippen LogP contribution in [0.3, 0.4) is 0 Å². The second kappa shape index (κ2) is 8.55. The summed E-state index contributed by atoms with van der Waals surface area (Å²) in [5.74, 6) is -0.497. The molecule has 27 heavy (non-hydrogen) atoms. The number of likely N-dealkylation sites (tertiary alicyclic amines) is 1. The molecule has 0 aliphatic carbocycles. The van der Waals surface area contributed by atoms with Gasteiger partial charge in [-0.25, -0.2) is 0 Å². The normalized spacial score (nSPS) is 20.7. The van der Waals surface area contributed by atoms with Gasteiger partial charge in [-0.3, -0.25) is 0 Å². The fourth-order valence-corrected chi connectivity index (χ4v) is 5.21. The zero-order chi connectivity index (χ0) is 19.3. The average Bonchev–Trinajstić information content (AvgIpc) is 3.05. The van der Waals surface area contributed by atoms with Gasteiger partial charge in [0, 0.05) is 0 Å². The topological polar surface area (TPSA) is 46.6 Å². The van der Waals surface area contributed by atoms with Crippen molar-refractivity contribution in [1.29, 1.82) is 0 Å². The molecule has 0 spiro atoms. The Kier molecular flexibility index (Phi) is 6.15. The number of carbonyl (C=O) groups excluding carboxylic acids is 2. The summed E-state index contributed by atoms with van der Waals surface area (Å²) in [4.78, 5) is 29.8. The Balaban J connectivity index is 1.92. The summed E-state index contributed by atoms with van der Waals surface area (Å²) in [6, 6.07) is 19.3. The van der Waals surface area contributed by atoms with Crippen molar-refractivity contribution < 1.29 is 14.3 Å². The van der Waals surface area contributed by atoms with Crippen LogP contribution in [-0.2, 0) is 9.53 Å². The molecule has 1 atom stereocenters. The molecule has 0 unspecified atom stereocenters. The van der Waals surface area contributed by atoms with Crippen molar-refractivity contribution in [2.75, 3.05) is 13.2 Å². The van der Waals surface area contributed by atoms with E-state index in [2.05, 4.69) is 17.1 Å². The van der Waals surface area contributed by atoms with Crippen molar-refractivity contribution in [2.24, 2.45) is 0 Å². The van der Waals surface area contributed by atoms with E-state index in [-0.39, 0.29) is 26.8 Å². The number of hydrogen-bond acceptors (Lipinski definition) is 3. The molecule has 2 aromatic rings. The monoisotopic (exact) mass is 429 g/mol. The van der Waals surface area contributed by atoms with Crippen LogP contribution in [0.1, 0.15) is 30.6 Å². The van der Waals surface area contributed by atoms with E-state index in [9.17, 15) is 9.59 Å². The van der Waals surface area contributed by atoms with Crippen LogP contribution in [0.4, 0.5) is 0 Å². The van der Waals surface area contributed by atoms with E-state index in [1.165, 1.54) is 4.46 Å². The van der Waals surface area contributed by atoms with Gasteiger partial charge in [0.15, 0.2) is 0 Å². The Morgan fingerprint density at radius 1 is 1.11 bits per heavy atom. The number of hydrogen-bond donors (Lipinski definition) is 0. The number of ether oxygens (including phenoxy) is 1. The summed E-state index contributed by atoms with van der Waals surface area (Å²) < 4.78 is 6.59. The van der Waals surface area contributed by atoms with Gasteiger partial charge in [-0.05, 0) is 0 Å². The maximum absolute atomic E-state index is 13.1. The number of amides is 1. The molecule has 4 nitrogen and oxygen atoms in total. The first-order valence-electron chi connectivity index (χ1n) is 9.03. The summed E-state index contributed by atoms with van der Waals surface area (Å²) in [7, 11) is 0. The van der Waals surface area contributed by atoms with Gasteiger partial charge in [0.2, 0.25) is 0 Å². The third-order valence-corrected chi connectivity index (χ3v) is 6.78. The molecule has 0 radical (unpaired) electrons. The van der Waals surface area contributed by atoms with Crippen molar-refractivity contribution in [3.05, 3.63) is 76.8 Å². The standard InChI is InChI=1S/C22H23NO3Se/c1-3-26-21(25)22(2)18(16-27-19-12-8-5-9-13-19)14-15-23(22)20(24)17-10-6-4-7-11-17/h4-13,16H,3,14-15H2,1-2H3/b18-16-/t22-/m1/s1. The van der Waals surface area contributed by atoms with Gasteiger partial charge < -0.3 is 0 Å². The van der Waals surface area contributed by atoms with Gasteiger partial charge in [-0.2, -0.15) is 0 Å². The second-order valence-corrected chi connectivity index (χ2v) is 8.42. The van der Waals surface area contributed by atoms with Crippen molar-refractivity contribution in [3.8, 4) is 0 Å². The summed E-state index contributed by atoms with van der Waals surface area (Å²) in [6.07, 6.45) is 0.683. The number of nitrogens with zero attached hydrogens (tertiary/aromatic N) is 1. The predicted molar refractivity (Wildman–Crippen MR) is 107 cm³/mol. The minimum absolute atomic E-state index is 0.0934. The van der Waals surface area contributed by atoms with E-state index in [4.69, 9.17) is 4.74 Å². The summed E-state index contributed by atoms with van der Waals surface area (Å²) in [6.45, 7) is 4.40. The summed E-state index contributed by atoms with van der Waals surface area (Å²) in [5.41, 5.74) is 0.497. The summed E-state index contributed by atoms with van der Waals surface area (Å²) >= 11 is 0.0934. The van der Waals surface area contributed by atoms with Gasteiger partial charge in [-0.15, -0.1) is 0 Å². The average molecular weight is 428 g/mol. The molecule has 1 aliphatic heterocycles. The van der Waals surface area contributed by atoms with E-state index in [0.29, 0.717) is 25.1 Å². The molecule has 1 saturated heterocycles. The molecule has 140 valence electrons. The van der Waals surface area contributed by atoms with E-state index < -0.39 is 5.54 Å². The third-order valence-electron chi connectivity index (χ3n) is 4.79. The first-order valence-corrected chi connectivity index (χ1v) is 10.9. The van der Waals surface area contributed by atoms with Crippen molar-refractivity contribution >= 4 is 31.3 Å². The Bertz CT molecular complexity index is 835.